The first-order valence-corrected chi connectivity index (χ1v) is 5.64. The molecule has 6 heteroatoms. The SMILES string of the molecule is CN1CCc2ncnc(NCCC(=O)O)c2C1. The van der Waals surface area contributed by atoms with Crippen molar-refractivity contribution in [2.75, 3.05) is 25.5 Å². The maximum absolute atomic E-state index is 10.4. The van der Waals surface area contributed by atoms with Gasteiger partial charge in [-0.1, -0.05) is 0 Å². The quantitative estimate of drug-likeness (QED) is 0.785. The molecule has 2 rings (SSSR count). The number of anilines is 1. The molecule has 0 bridgehead atoms. The first-order chi connectivity index (χ1) is 8.16. The number of aliphatic carboxylic acids is 1. The van der Waals surface area contributed by atoms with Gasteiger partial charge in [-0.3, -0.25) is 4.79 Å². The number of hydrogen-bond acceptors (Lipinski definition) is 5. The predicted octanol–water partition coefficient (Wildman–Crippen LogP) is 0.351. The van der Waals surface area contributed by atoms with Crippen molar-refractivity contribution in [2.24, 2.45) is 0 Å². The van der Waals surface area contributed by atoms with E-state index in [0.717, 1.165) is 36.6 Å². The van der Waals surface area contributed by atoms with E-state index >= 15 is 0 Å². The summed E-state index contributed by atoms with van der Waals surface area (Å²) in [6, 6.07) is 0. The summed E-state index contributed by atoms with van der Waals surface area (Å²) in [7, 11) is 2.05. The van der Waals surface area contributed by atoms with E-state index in [9.17, 15) is 4.79 Å². The van der Waals surface area contributed by atoms with Crippen molar-refractivity contribution in [3.05, 3.63) is 17.6 Å². The molecule has 1 aliphatic rings. The van der Waals surface area contributed by atoms with Gasteiger partial charge in [0.05, 0.1) is 12.1 Å². The van der Waals surface area contributed by atoms with Crippen LogP contribution in [0.15, 0.2) is 6.33 Å². The lowest BCUT2D eigenvalue weighted by atomic mass is 10.1. The van der Waals surface area contributed by atoms with Crippen molar-refractivity contribution in [3.8, 4) is 0 Å². The summed E-state index contributed by atoms with van der Waals surface area (Å²) in [6.07, 6.45) is 2.55. The summed E-state index contributed by atoms with van der Waals surface area (Å²) < 4.78 is 0. The molecule has 92 valence electrons. The van der Waals surface area contributed by atoms with E-state index in [0.29, 0.717) is 6.54 Å². The number of carboxylic acid groups (broad SMARTS) is 1. The minimum Gasteiger partial charge on any atom is -0.481 e. The van der Waals surface area contributed by atoms with E-state index in [1.54, 1.807) is 0 Å². The van der Waals surface area contributed by atoms with Crippen LogP contribution < -0.4 is 5.32 Å². The maximum atomic E-state index is 10.4. The highest BCUT2D eigenvalue weighted by Crippen LogP contribution is 2.21. The van der Waals surface area contributed by atoms with E-state index < -0.39 is 5.97 Å². The van der Waals surface area contributed by atoms with E-state index in [-0.39, 0.29) is 6.42 Å². The highest BCUT2D eigenvalue weighted by molar-refractivity contribution is 5.67. The van der Waals surface area contributed by atoms with Gasteiger partial charge in [0.1, 0.15) is 12.1 Å². The molecular weight excluding hydrogens is 220 g/mol. The fourth-order valence-corrected chi connectivity index (χ4v) is 1.92. The molecule has 17 heavy (non-hydrogen) atoms. The predicted molar refractivity (Wildman–Crippen MR) is 62.8 cm³/mol. The monoisotopic (exact) mass is 236 g/mol. The van der Waals surface area contributed by atoms with Crippen LogP contribution in [0.5, 0.6) is 0 Å². The van der Waals surface area contributed by atoms with Gasteiger partial charge in [0, 0.05) is 31.6 Å². The smallest absolute Gasteiger partial charge is 0.305 e. The molecule has 0 aliphatic carbocycles. The number of fused-ring (bicyclic) bond motifs is 1. The molecule has 0 unspecified atom stereocenters. The van der Waals surface area contributed by atoms with Crippen LogP contribution in [0.2, 0.25) is 0 Å². The van der Waals surface area contributed by atoms with Crippen LogP contribution in [0.3, 0.4) is 0 Å². The molecule has 0 radical (unpaired) electrons. The second-order valence-corrected chi connectivity index (χ2v) is 4.21. The minimum absolute atomic E-state index is 0.0919. The molecule has 0 spiro atoms. The molecule has 1 aromatic heterocycles. The number of hydrogen-bond donors (Lipinski definition) is 2. The van der Waals surface area contributed by atoms with E-state index in [1.165, 1.54) is 6.33 Å². The van der Waals surface area contributed by atoms with E-state index in [1.807, 2.05) is 0 Å². The number of nitrogens with one attached hydrogen (secondary N) is 1. The Bertz CT molecular complexity index is 422. The van der Waals surface area contributed by atoms with E-state index in [2.05, 4.69) is 27.2 Å². The lowest BCUT2D eigenvalue weighted by Crippen LogP contribution is -2.28. The fraction of sp³-hybridized carbons (Fsp3) is 0.545. The lowest BCUT2D eigenvalue weighted by molar-refractivity contribution is -0.136. The zero-order chi connectivity index (χ0) is 12.3. The summed E-state index contributed by atoms with van der Waals surface area (Å²) in [6.45, 7) is 2.20. The Kier molecular flexibility index (Phi) is 3.53. The largest absolute Gasteiger partial charge is 0.481 e. The normalized spacial score (nSPS) is 15.4. The second kappa shape index (κ2) is 5.09. The highest BCUT2D eigenvalue weighted by atomic mass is 16.4. The third-order valence-electron chi connectivity index (χ3n) is 2.82. The van der Waals surface area contributed by atoms with Gasteiger partial charge in [-0.15, -0.1) is 0 Å². The number of likely N-dealkylation sites (N-methyl/N-ethyl adjacent to an activating group) is 1. The van der Waals surface area contributed by atoms with Crippen LogP contribution in [-0.4, -0.2) is 46.1 Å². The number of rotatable bonds is 4. The second-order valence-electron chi connectivity index (χ2n) is 4.21. The lowest BCUT2D eigenvalue weighted by Gasteiger charge is -2.25. The van der Waals surface area contributed by atoms with Gasteiger partial charge in [-0.05, 0) is 7.05 Å². The number of carboxylic acids is 1. The molecular formula is C11H16N4O2. The van der Waals surface area contributed by atoms with Gasteiger partial charge >= 0.3 is 5.97 Å². The zero-order valence-electron chi connectivity index (χ0n) is 9.81. The Morgan fingerprint density at radius 3 is 3.18 bits per heavy atom. The van der Waals surface area contributed by atoms with Gasteiger partial charge in [0.15, 0.2) is 0 Å². The van der Waals surface area contributed by atoms with Crippen molar-refractivity contribution < 1.29 is 9.90 Å². The van der Waals surface area contributed by atoms with Crippen LogP contribution in [0.1, 0.15) is 17.7 Å². The molecule has 6 nitrogen and oxygen atoms in total. The van der Waals surface area contributed by atoms with Crippen LogP contribution in [0.4, 0.5) is 5.82 Å². The molecule has 0 saturated carbocycles. The number of carbonyl (C=O) groups is 1. The van der Waals surface area contributed by atoms with Gasteiger partial charge in [-0.2, -0.15) is 0 Å². The maximum Gasteiger partial charge on any atom is 0.305 e. The first-order valence-electron chi connectivity index (χ1n) is 5.64. The number of nitrogens with zero attached hydrogens (tertiary/aromatic N) is 3. The molecule has 2 N–H and O–H groups in total. The molecule has 0 fully saturated rings. The molecule has 1 aromatic rings. The third kappa shape index (κ3) is 2.91. The summed E-state index contributed by atoms with van der Waals surface area (Å²) in [5.74, 6) is -0.0414. The molecule has 0 aromatic carbocycles. The van der Waals surface area contributed by atoms with Gasteiger partial charge < -0.3 is 15.3 Å². The van der Waals surface area contributed by atoms with Crippen LogP contribution in [-0.2, 0) is 17.8 Å². The molecule has 0 saturated heterocycles. The van der Waals surface area contributed by atoms with Crippen LogP contribution in [0, 0.1) is 0 Å². The zero-order valence-corrected chi connectivity index (χ0v) is 9.81. The Hall–Kier alpha value is -1.69. The molecule has 0 atom stereocenters. The Balaban J connectivity index is 2.09. The molecule has 2 heterocycles. The molecule has 1 aliphatic heterocycles. The summed E-state index contributed by atoms with van der Waals surface area (Å²) >= 11 is 0. The van der Waals surface area contributed by atoms with Gasteiger partial charge in [-0.25, -0.2) is 9.97 Å². The van der Waals surface area contributed by atoms with Gasteiger partial charge in [0.2, 0.25) is 0 Å². The van der Waals surface area contributed by atoms with Crippen molar-refractivity contribution in [1.29, 1.82) is 0 Å². The molecule has 0 amide bonds. The van der Waals surface area contributed by atoms with Crippen molar-refractivity contribution in [3.63, 3.8) is 0 Å². The average molecular weight is 236 g/mol. The average Bonchev–Trinajstić information content (AvgIpc) is 2.29. The Labute approximate surface area is 99.7 Å². The van der Waals surface area contributed by atoms with Crippen molar-refractivity contribution in [1.82, 2.24) is 14.9 Å². The summed E-state index contributed by atoms with van der Waals surface area (Å²) in [4.78, 5) is 21.1. The Morgan fingerprint density at radius 2 is 2.41 bits per heavy atom. The van der Waals surface area contributed by atoms with Gasteiger partial charge in [0.25, 0.3) is 0 Å². The fourth-order valence-electron chi connectivity index (χ4n) is 1.92. The van der Waals surface area contributed by atoms with Crippen LogP contribution in [0.25, 0.3) is 0 Å². The summed E-state index contributed by atoms with van der Waals surface area (Å²) in [5, 5.41) is 11.7. The van der Waals surface area contributed by atoms with E-state index in [4.69, 9.17) is 5.11 Å². The standard InChI is InChI=1S/C11H16N4O2/c1-15-5-3-9-8(6-15)11(14-7-13-9)12-4-2-10(16)17/h7H,2-6H2,1H3,(H,16,17)(H,12,13,14). The third-order valence-corrected chi connectivity index (χ3v) is 2.82. The summed E-state index contributed by atoms with van der Waals surface area (Å²) in [5.41, 5.74) is 2.16. The minimum atomic E-state index is -0.808. The highest BCUT2D eigenvalue weighted by Gasteiger charge is 2.18. The van der Waals surface area contributed by atoms with Crippen LogP contribution >= 0.6 is 0 Å². The first kappa shape index (κ1) is 11.8. The number of aromatic nitrogens is 2. The topological polar surface area (TPSA) is 78.4 Å². The van der Waals surface area contributed by atoms with Crippen molar-refractivity contribution in [2.45, 2.75) is 19.4 Å². The van der Waals surface area contributed by atoms with Crippen molar-refractivity contribution >= 4 is 11.8 Å². The Morgan fingerprint density at radius 1 is 1.59 bits per heavy atom.